The lowest BCUT2D eigenvalue weighted by Gasteiger charge is -2.30. The minimum absolute atomic E-state index is 0.0107. The Labute approximate surface area is 271 Å². The molecule has 0 saturated carbocycles. The predicted octanol–water partition coefficient (Wildman–Crippen LogP) is 7.86. The molecule has 246 valence electrons. The Morgan fingerprint density at radius 3 is 2.30 bits per heavy atom. The molecule has 10 heteroatoms. The van der Waals surface area contributed by atoms with Crippen LogP contribution in [0.4, 0.5) is 28.9 Å². The molecule has 2 N–H and O–H groups in total. The van der Waals surface area contributed by atoms with Crippen molar-refractivity contribution in [2.24, 2.45) is 4.99 Å². The first-order chi connectivity index (χ1) is 22.5. The van der Waals surface area contributed by atoms with Crippen LogP contribution in [-0.2, 0) is 9.53 Å². The van der Waals surface area contributed by atoms with Crippen molar-refractivity contribution >= 4 is 23.0 Å². The molecule has 1 aliphatic rings. The summed E-state index contributed by atoms with van der Waals surface area (Å²) in [5.74, 6) is -4.32. The summed E-state index contributed by atoms with van der Waals surface area (Å²) in [7, 11) is 0. The highest BCUT2D eigenvalue weighted by Gasteiger charge is 2.26. The van der Waals surface area contributed by atoms with Crippen LogP contribution in [0.15, 0.2) is 77.8 Å². The SMILES string of the molecule is CC(=Nc1cc(C)c(C)cc1C)[C@@H]1CO[C@H](COc2c(F)cccc2NC(=O)C[C@@H](c2ccc(F)cc2)c2cc(F)cc(F)c2)CN1. The van der Waals surface area contributed by atoms with Crippen molar-refractivity contribution in [1.82, 2.24) is 5.32 Å². The van der Waals surface area contributed by atoms with Gasteiger partial charge in [0.1, 0.15) is 30.2 Å². The number of carbonyl (C=O) groups excluding carboxylic acids is 1. The summed E-state index contributed by atoms with van der Waals surface area (Å²) in [6.45, 7) is 8.91. The van der Waals surface area contributed by atoms with E-state index < -0.39 is 41.2 Å². The van der Waals surface area contributed by atoms with Crippen LogP contribution in [0.2, 0.25) is 0 Å². The molecule has 4 aromatic carbocycles. The number of ether oxygens (including phenoxy) is 2. The summed E-state index contributed by atoms with van der Waals surface area (Å²) < 4.78 is 68.6. The van der Waals surface area contributed by atoms with Crippen LogP contribution in [0, 0.1) is 44.0 Å². The average molecular weight is 648 g/mol. The van der Waals surface area contributed by atoms with E-state index in [1.165, 1.54) is 53.6 Å². The largest absolute Gasteiger partial charge is 0.486 e. The lowest BCUT2D eigenvalue weighted by Crippen LogP contribution is -2.51. The molecule has 0 unspecified atom stereocenters. The Bertz CT molecular complexity index is 1750. The van der Waals surface area contributed by atoms with Gasteiger partial charge in [0.2, 0.25) is 5.91 Å². The second kappa shape index (κ2) is 14.9. The standard InChI is InChI=1S/C37H37F4N3O3/c1-21-12-23(3)34(13-22(21)2)43-24(4)35-20-46-30(18-42-35)19-47-37-32(41)6-5-7-33(37)44-36(45)17-31(25-8-10-27(38)11-9-25)26-14-28(39)16-29(40)15-26/h5-16,30-31,35,42H,17-20H2,1-4H3,(H,44,45)/t30-,31-,35-/m0/s1. The second-order valence-corrected chi connectivity index (χ2v) is 11.9. The fourth-order valence-electron chi connectivity index (χ4n) is 5.55. The van der Waals surface area contributed by atoms with E-state index in [4.69, 9.17) is 14.5 Å². The fraction of sp³-hybridized carbons (Fsp3) is 0.297. The third-order valence-electron chi connectivity index (χ3n) is 8.31. The van der Waals surface area contributed by atoms with E-state index in [-0.39, 0.29) is 36.1 Å². The first kappa shape index (κ1) is 33.8. The topological polar surface area (TPSA) is 72.0 Å². The van der Waals surface area contributed by atoms with Crippen LogP contribution in [0.1, 0.15) is 47.1 Å². The Morgan fingerprint density at radius 1 is 0.915 bits per heavy atom. The number of para-hydroxylation sites is 1. The van der Waals surface area contributed by atoms with Gasteiger partial charge in [-0.15, -0.1) is 0 Å². The van der Waals surface area contributed by atoms with Gasteiger partial charge in [-0.2, -0.15) is 0 Å². The highest BCUT2D eigenvalue weighted by atomic mass is 19.1. The first-order valence-electron chi connectivity index (χ1n) is 15.4. The number of nitrogens with one attached hydrogen (secondary N) is 2. The zero-order valence-corrected chi connectivity index (χ0v) is 26.7. The Kier molecular flexibility index (Phi) is 10.7. The van der Waals surface area contributed by atoms with Crippen molar-refractivity contribution in [2.75, 3.05) is 25.1 Å². The molecule has 47 heavy (non-hydrogen) atoms. The fourth-order valence-corrected chi connectivity index (χ4v) is 5.55. The molecule has 0 spiro atoms. The number of aliphatic imine (C=N–C) groups is 1. The molecule has 6 nitrogen and oxygen atoms in total. The van der Waals surface area contributed by atoms with Crippen molar-refractivity contribution in [3.63, 3.8) is 0 Å². The lowest BCUT2D eigenvalue weighted by molar-refractivity contribution is -0.116. The minimum atomic E-state index is -0.807. The van der Waals surface area contributed by atoms with Gasteiger partial charge >= 0.3 is 0 Å². The maximum Gasteiger partial charge on any atom is 0.225 e. The molecule has 1 saturated heterocycles. The minimum Gasteiger partial charge on any atom is -0.486 e. The van der Waals surface area contributed by atoms with Crippen LogP contribution in [-0.4, -0.2) is 43.5 Å². The Balaban J connectivity index is 1.23. The number of halogens is 4. The quantitative estimate of drug-likeness (QED) is 0.136. The number of amides is 1. The van der Waals surface area contributed by atoms with E-state index in [9.17, 15) is 22.4 Å². The van der Waals surface area contributed by atoms with E-state index in [1.54, 1.807) is 0 Å². The van der Waals surface area contributed by atoms with Gasteiger partial charge < -0.3 is 20.1 Å². The summed E-state index contributed by atoms with van der Waals surface area (Å²) in [5.41, 5.74) is 6.05. The molecule has 0 aromatic heterocycles. The number of hydrogen-bond acceptors (Lipinski definition) is 5. The monoisotopic (exact) mass is 647 g/mol. The molecule has 1 amide bonds. The van der Waals surface area contributed by atoms with Crippen LogP contribution < -0.4 is 15.4 Å². The highest BCUT2D eigenvalue weighted by Crippen LogP contribution is 2.32. The number of benzene rings is 4. The van der Waals surface area contributed by atoms with Crippen molar-refractivity contribution in [1.29, 1.82) is 0 Å². The molecule has 3 atom stereocenters. The molecule has 4 aromatic rings. The number of aryl methyl sites for hydroxylation is 3. The zero-order chi connectivity index (χ0) is 33.7. The summed E-state index contributed by atoms with van der Waals surface area (Å²) in [5, 5.41) is 6.09. The van der Waals surface area contributed by atoms with E-state index in [2.05, 4.69) is 36.6 Å². The molecule has 0 bridgehead atoms. The van der Waals surface area contributed by atoms with E-state index >= 15 is 0 Å². The summed E-state index contributed by atoms with van der Waals surface area (Å²) >= 11 is 0. The number of hydrogen-bond donors (Lipinski definition) is 2. The van der Waals surface area contributed by atoms with Crippen molar-refractivity contribution in [2.45, 2.75) is 52.2 Å². The predicted molar refractivity (Wildman–Crippen MR) is 175 cm³/mol. The molecular formula is C37H37F4N3O3. The number of carbonyl (C=O) groups is 1. The molecule has 1 fully saturated rings. The van der Waals surface area contributed by atoms with Gasteiger partial charge in [-0.25, -0.2) is 17.6 Å². The van der Waals surface area contributed by atoms with Crippen molar-refractivity contribution in [3.8, 4) is 5.75 Å². The molecular weight excluding hydrogens is 610 g/mol. The van der Waals surface area contributed by atoms with E-state index in [1.807, 2.05) is 13.8 Å². The third kappa shape index (κ3) is 8.64. The van der Waals surface area contributed by atoms with Crippen LogP contribution in [0.25, 0.3) is 0 Å². The molecule has 5 rings (SSSR count). The second-order valence-electron chi connectivity index (χ2n) is 11.9. The van der Waals surface area contributed by atoms with E-state index in [0.717, 1.165) is 35.2 Å². The maximum absolute atomic E-state index is 15.0. The summed E-state index contributed by atoms with van der Waals surface area (Å²) in [4.78, 5) is 18.1. The van der Waals surface area contributed by atoms with Gasteiger partial charge in [0, 0.05) is 30.7 Å². The molecule has 1 heterocycles. The van der Waals surface area contributed by atoms with Gasteiger partial charge in [0.05, 0.1) is 24.0 Å². The zero-order valence-electron chi connectivity index (χ0n) is 26.7. The van der Waals surface area contributed by atoms with E-state index in [0.29, 0.717) is 18.7 Å². The normalized spacial score (nSPS) is 17.3. The third-order valence-corrected chi connectivity index (χ3v) is 8.31. The number of nitrogens with zero attached hydrogens (tertiary/aromatic N) is 1. The average Bonchev–Trinajstić information content (AvgIpc) is 3.02. The number of anilines is 1. The Hall–Kier alpha value is -4.54. The van der Waals surface area contributed by atoms with Gasteiger partial charge in [-0.3, -0.25) is 9.79 Å². The van der Waals surface area contributed by atoms with Crippen molar-refractivity contribution < 1.29 is 31.8 Å². The van der Waals surface area contributed by atoms with Gasteiger partial charge in [-0.05, 0) is 98.0 Å². The molecule has 0 radical (unpaired) electrons. The number of morpholine rings is 1. The maximum atomic E-state index is 15.0. The molecule has 1 aliphatic heterocycles. The highest BCUT2D eigenvalue weighted by molar-refractivity contribution is 5.93. The van der Waals surface area contributed by atoms with Crippen LogP contribution in [0.5, 0.6) is 5.75 Å². The van der Waals surface area contributed by atoms with Gasteiger partial charge in [0.15, 0.2) is 11.6 Å². The first-order valence-corrected chi connectivity index (χ1v) is 15.4. The van der Waals surface area contributed by atoms with Gasteiger partial charge in [-0.1, -0.05) is 24.3 Å². The number of rotatable bonds is 10. The smallest absolute Gasteiger partial charge is 0.225 e. The van der Waals surface area contributed by atoms with Crippen LogP contribution >= 0.6 is 0 Å². The van der Waals surface area contributed by atoms with Crippen LogP contribution in [0.3, 0.4) is 0 Å². The molecule has 0 aliphatic carbocycles. The van der Waals surface area contributed by atoms with Crippen molar-refractivity contribution in [3.05, 3.63) is 124 Å². The summed E-state index contributed by atoms with van der Waals surface area (Å²) in [6, 6.07) is 16.5. The lowest BCUT2D eigenvalue weighted by atomic mass is 9.88. The summed E-state index contributed by atoms with van der Waals surface area (Å²) in [6.07, 6.45) is -0.652. The Morgan fingerprint density at radius 2 is 1.62 bits per heavy atom. The van der Waals surface area contributed by atoms with Gasteiger partial charge in [0.25, 0.3) is 0 Å².